The standard InChI is InChI=1S/C24H20/c1-20(22-13-7-3-8-14-22)19-24(23-15-9-4-10-16-23)18-17-21-11-5-2-6-12-21/h2-19H,1H2. The summed E-state index contributed by atoms with van der Waals surface area (Å²) in [6, 6.07) is 31.0. The Balaban J connectivity index is 1.95. The zero-order chi connectivity index (χ0) is 16.6. The molecule has 0 heterocycles. The molecule has 0 spiro atoms. The van der Waals surface area contributed by atoms with Gasteiger partial charge in [-0.1, -0.05) is 110 Å². The third-order valence-corrected chi connectivity index (χ3v) is 3.84. The first kappa shape index (κ1) is 15.8. The molecule has 3 aromatic rings. The van der Waals surface area contributed by atoms with Gasteiger partial charge in [0.25, 0.3) is 0 Å². The normalized spacial score (nSPS) is 11.6. The molecule has 0 aliphatic rings. The molecule has 0 fully saturated rings. The van der Waals surface area contributed by atoms with Crippen LogP contribution in [0.2, 0.25) is 0 Å². The molecule has 116 valence electrons. The second kappa shape index (κ2) is 7.94. The van der Waals surface area contributed by atoms with E-state index in [1.165, 1.54) is 11.1 Å². The van der Waals surface area contributed by atoms with Crippen LogP contribution >= 0.6 is 0 Å². The summed E-state index contributed by atoms with van der Waals surface area (Å²) in [7, 11) is 0. The van der Waals surface area contributed by atoms with Gasteiger partial charge in [0.15, 0.2) is 0 Å². The monoisotopic (exact) mass is 308 g/mol. The van der Waals surface area contributed by atoms with Crippen molar-refractivity contribution in [3.63, 3.8) is 0 Å². The summed E-state index contributed by atoms with van der Waals surface area (Å²) < 4.78 is 0. The first-order valence-electron chi connectivity index (χ1n) is 8.07. The van der Waals surface area contributed by atoms with Gasteiger partial charge in [-0.15, -0.1) is 0 Å². The predicted molar refractivity (Wildman–Crippen MR) is 105 cm³/mol. The molecule has 0 saturated carbocycles. The zero-order valence-electron chi connectivity index (χ0n) is 13.6. The smallest absolute Gasteiger partial charge is 0.0178 e. The van der Waals surface area contributed by atoms with Gasteiger partial charge in [-0.3, -0.25) is 0 Å². The Morgan fingerprint density at radius 1 is 0.625 bits per heavy atom. The van der Waals surface area contributed by atoms with Crippen molar-refractivity contribution in [2.24, 2.45) is 0 Å². The lowest BCUT2D eigenvalue weighted by molar-refractivity contribution is 1.60. The van der Waals surface area contributed by atoms with Gasteiger partial charge in [0.1, 0.15) is 0 Å². The third-order valence-electron chi connectivity index (χ3n) is 3.84. The third kappa shape index (κ3) is 4.21. The van der Waals surface area contributed by atoms with Crippen LogP contribution in [0.4, 0.5) is 0 Å². The molecular formula is C24H20. The minimum Gasteiger partial charge on any atom is -0.0911 e. The maximum absolute atomic E-state index is 4.23. The highest BCUT2D eigenvalue weighted by atomic mass is 14.1. The fourth-order valence-electron chi connectivity index (χ4n) is 2.53. The Bertz CT molecular complexity index is 838. The van der Waals surface area contributed by atoms with Gasteiger partial charge in [0.05, 0.1) is 0 Å². The van der Waals surface area contributed by atoms with E-state index in [4.69, 9.17) is 0 Å². The number of rotatable bonds is 5. The van der Waals surface area contributed by atoms with E-state index in [0.717, 1.165) is 16.7 Å². The van der Waals surface area contributed by atoms with Crippen molar-refractivity contribution in [2.75, 3.05) is 0 Å². The van der Waals surface area contributed by atoms with Crippen LogP contribution in [0, 0.1) is 0 Å². The summed E-state index contributed by atoms with van der Waals surface area (Å²) in [6.45, 7) is 4.23. The van der Waals surface area contributed by atoms with Crippen LogP contribution < -0.4 is 0 Å². The molecule has 0 nitrogen and oxygen atoms in total. The quantitative estimate of drug-likeness (QED) is 0.472. The highest BCUT2D eigenvalue weighted by Crippen LogP contribution is 2.23. The van der Waals surface area contributed by atoms with Gasteiger partial charge < -0.3 is 0 Å². The molecule has 0 aliphatic carbocycles. The second-order valence-electron chi connectivity index (χ2n) is 5.60. The van der Waals surface area contributed by atoms with Gasteiger partial charge in [0.2, 0.25) is 0 Å². The van der Waals surface area contributed by atoms with Crippen molar-refractivity contribution in [3.05, 3.63) is 126 Å². The van der Waals surface area contributed by atoms with Crippen molar-refractivity contribution >= 4 is 17.2 Å². The van der Waals surface area contributed by atoms with Crippen LogP contribution in [0.1, 0.15) is 16.7 Å². The van der Waals surface area contributed by atoms with Crippen LogP contribution in [0.5, 0.6) is 0 Å². The SMILES string of the molecule is C=C(C=C(C=Cc1ccccc1)c1ccccc1)c1ccccc1. The molecule has 0 aliphatic heterocycles. The summed E-state index contributed by atoms with van der Waals surface area (Å²) in [5, 5.41) is 0. The first-order chi connectivity index (χ1) is 11.8. The van der Waals surface area contributed by atoms with Crippen LogP contribution in [0.3, 0.4) is 0 Å². The lowest BCUT2D eigenvalue weighted by atomic mass is 9.99. The number of hydrogen-bond acceptors (Lipinski definition) is 0. The lowest BCUT2D eigenvalue weighted by Crippen LogP contribution is -1.84. The van der Waals surface area contributed by atoms with E-state index in [1.54, 1.807) is 0 Å². The Morgan fingerprint density at radius 2 is 1.12 bits per heavy atom. The van der Waals surface area contributed by atoms with Crippen molar-refractivity contribution < 1.29 is 0 Å². The number of benzene rings is 3. The largest absolute Gasteiger partial charge is 0.0911 e. The van der Waals surface area contributed by atoms with E-state index in [2.05, 4.69) is 85.5 Å². The molecule has 0 saturated heterocycles. The fraction of sp³-hybridized carbons (Fsp3) is 0. The molecular weight excluding hydrogens is 288 g/mol. The van der Waals surface area contributed by atoms with Crippen molar-refractivity contribution in [2.45, 2.75) is 0 Å². The van der Waals surface area contributed by atoms with Crippen molar-refractivity contribution in [3.8, 4) is 0 Å². The van der Waals surface area contributed by atoms with Crippen LogP contribution in [-0.4, -0.2) is 0 Å². The topological polar surface area (TPSA) is 0 Å². The predicted octanol–water partition coefficient (Wildman–Crippen LogP) is 6.50. The Kier molecular flexibility index (Phi) is 5.21. The van der Waals surface area contributed by atoms with E-state index < -0.39 is 0 Å². The summed E-state index contributed by atoms with van der Waals surface area (Å²) in [5.74, 6) is 0. The molecule has 0 unspecified atom stereocenters. The molecule has 0 heteroatoms. The molecule has 0 N–H and O–H groups in total. The summed E-state index contributed by atoms with van der Waals surface area (Å²) in [5.41, 5.74) is 5.66. The Hall–Kier alpha value is -3.12. The summed E-state index contributed by atoms with van der Waals surface area (Å²) in [6.07, 6.45) is 6.43. The van der Waals surface area contributed by atoms with E-state index in [-0.39, 0.29) is 0 Å². The van der Waals surface area contributed by atoms with Crippen LogP contribution in [0.25, 0.3) is 17.2 Å². The average Bonchev–Trinajstić information content (AvgIpc) is 2.67. The van der Waals surface area contributed by atoms with E-state index in [0.29, 0.717) is 0 Å². The lowest BCUT2D eigenvalue weighted by Gasteiger charge is -2.06. The molecule has 0 aromatic heterocycles. The van der Waals surface area contributed by atoms with Crippen molar-refractivity contribution in [1.82, 2.24) is 0 Å². The maximum atomic E-state index is 4.23. The van der Waals surface area contributed by atoms with Gasteiger partial charge >= 0.3 is 0 Å². The minimum absolute atomic E-state index is 1.01. The molecule has 3 aromatic carbocycles. The molecule has 24 heavy (non-hydrogen) atoms. The molecule has 0 amide bonds. The van der Waals surface area contributed by atoms with Gasteiger partial charge in [0, 0.05) is 0 Å². The van der Waals surface area contributed by atoms with Gasteiger partial charge in [-0.05, 0) is 33.9 Å². The van der Waals surface area contributed by atoms with Gasteiger partial charge in [-0.2, -0.15) is 0 Å². The Labute approximate surface area is 144 Å². The number of allylic oxidation sites excluding steroid dienone is 4. The maximum Gasteiger partial charge on any atom is -0.0178 e. The summed E-state index contributed by atoms with van der Waals surface area (Å²) in [4.78, 5) is 0. The summed E-state index contributed by atoms with van der Waals surface area (Å²) >= 11 is 0. The van der Waals surface area contributed by atoms with Crippen molar-refractivity contribution in [1.29, 1.82) is 0 Å². The highest BCUT2D eigenvalue weighted by Gasteiger charge is 2.00. The zero-order valence-corrected chi connectivity index (χ0v) is 13.6. The van der Waals surface area contributed by atoms with E-state index >= 15 is 0 Å². The molecule has 0 bridgehead atoms. The van der Waals surface area contributed by atoms with Gasteiger partial charge in [-0.25, -0.2) is 0 Å². The van der Waals surface area contributed by atoms with E-state index in [1.807, 2.05) is 30.3 Å². The molecule has 0 atom stereocenters. The molecule has 0 radical (unpaired) electrons. The van der Waals surface area contributed by atoms with Crippen LogP contribution in [0.15, 0.2) is 110 Å². The average molecular weight is 308 g/mol. The van der Waals surface area contributed by atoms with E-state index in [9.17, 15) is 0 Å². The minimum atomic E-state index is 1.01. The van der Waals surface area contributed by atoms with Crippen LogP contribution in [-0.2, 0) is 0 Å². The fourth-order valence-corrected chi connectivity index (χ4v) is 2.53. The second-order valence-corrected chi connectivity index (χ2v) is 5.60. The Morgan fingerprint density at radius 3 is 1.71 bits per heavy atom. The number of hydrogen-bond donors (Lipinski definition) is 0. The molecule has 3 rings (SSSR count). The first-order valence-corrected chi connectivity index (χ1v) is 8.07. The highest BCUT2D eigenvalue weighted by molar-refractivity contribution is 5.88.